The first-order valence-corrected chi connectivity index (χ1v) is 12.4. The maximum atomic E-state index is 13.0. The molecule has 0 radical (unpaired) electrons. The molecule has 4 rings (SSSR count). The van der Waals surface area contributed by atoms with Gasteiger partial charge in [0.25, 0.3) is 5.56 Å². The summed E-state index contributed by atoms with van der Waals surface area (Å²) >= 11 is 6.74. The largest absolute Gasteiger partial charge is 0.490 e. The van der Waals surface area contributed by atoms with E-state index in [2.05, 4.69) is 41.9 Å². The molecule has 0 unspecified atom stereocenters. The summed E-state index contributed by atoms with van der Waals surface area (Å²) in [5.41, 5.74) is 1.12. The molecule has 0 N–H and O–H groups in total. The first kappa shape index (κ1) is 25.5. The van der Waals surface area contributed by atoms with Crippen LogP contribution in [0.25, 0.3) is 10.9 Å². The summed E-state index contributed by atoms with van der Waals surface area (Å²) < 4.78 is 14.3. The van der Waals surface area contributed by atoms with Gasteiger partial charge in [-0.15, -0.1) is 0 Å². The van der Waals surface area contributed by atoms with Gasteiger partial charge in [-0.2, -0.15) is 9.78 Å². The van der Waals surface area contributed by atoms with Crippen LogP contribution in [-0.2, 0) is 6.61 Å². The van der Waals surface area contributed by atoms with E-state index in [9.17, 15) is 14.9 Å². The number of fused-ring (bicyclic) bond motifs is 1. The zero-order chi connectivity index (χ0) is 25.8. The van der Waals surface area contributed by atoms with E-state index in [1.807, 2.05) is 24.3 Å². The fourth-order valence-electron chi connectivity index (χ4n) is 3.48. The molecule has 11 heteroatoms. The van der Waals surface area contributed by atoms with Crippen molar-refractivity contribution in [3.63, 3.8) is 0 Å². The molecule has 0 bridgehead atoms. The Balaban J connectivity index is 1.72. The van der Waals surface area contributed by atoms with Crippen LogP contribution in [0.5, 0.6) is 11.5 Å². The van der Waals surface area contributed by atoms with Crippen LogP contribution in [0.15, 0.2) is 73.4 Å². The molecular formula is C25H20Br2N4O5. The molecule has 0 aliphatic rings. The number of benzene rings is 3. The molecule has 0 fully saturated rings. The molecule has 4 aromatic rings. The van der Waals surface area contributed by atoms with Crippen molar-refractivity contribution >= 4 is 54.7 Å². The molecule has 1 heterocycles. The third kappa shape index (κ3) is 5.63. The summed E-state index contributed by atoms with van der Waals surface area (Å²) in [6, 6.07) is 15.6. The highest BCUT2D eigenvalue weighted by molar-refractivity contribution is 9.10. The van der Waals surface area contributed by atoms with Gasteiger partial charge >= 0.3 is 5.69 Å². The summed E-state index contributed by atoms with van der Waals surface area (Å²) in [6.07, 6.45) is 1.36. The molecular weight excluding hydrogens is 596 g/mol. The van der Waals surface area contributed by atoms with E-state index >= 15 is 0 Å². The third-order valence-electron chi connectivity index (χ3n) is 5.14. The fourth-order valence-corrected chi connectivity index (χ4v) is 4.11. The Kier molecular flexibility index (Phi) is 7.80. The van der Waals surface area contributed by atoms with Gasteiger partial charge in [0.15, 0.2) is 5.75 Å². The number of aromatic nitrogens is 2. The van der Waals surface area contributed by atoms with E-state index in [1.165, 1.54) is 12.3 Å². The van der Waals surface area contributed by atoms with Gasteiger partial charge in [0.2, 0.25) is 5.75 Å². The predicted molar refractivity (Wildman–Crippen MR) is 144 cm³/mol. The molecule has 0 spiro atoms. The maximum Gasteiger partial charge on any atom is 0.315 e. The molecule has 0 atom stereocenters. The van der Waals surface area contributed by atoms with Crippen LogP contribution in [-0.4, -0.2) is 27.4 Å². The van der Waals surface area contributed by atoms with Crippen molar-refractivity contribution < 1.29 is 14.4 Å². The van der Waals surface area contributed by atoms with Crippen LogP contribution in [0.4, 0.5) is 5.69 Å². The van der Waals surface area contributed by atoms with E-state index < -0.39 is 4.92 Å². The van der Waals surface area contributed by atoms with E-state index in [1.54, 1.807) is 38.1 Å². The summed E-state index contributed by atoms with van der Waals surface area (Å²) in [5.74, 6) is 0.599. The summed E-state index contributed by atoms with van der Waals surface area (Å²) in [6.45, 7) is 3.82. The van der Waals surface area contributed by atoms with Gasteiger partial charge < -0.3 is 9.47 Å². The smallest absolute Gasteiger partial charge is 0.315 e. The normalized spacial score (nSPS) is 11.2. The molecule has 0 saturated heterocycles. The van der Waals surface area contributed by atoms with Gasteiger partial charge in [0.1, 0.15) is 12.4 Å². The Morgan fingerprint density at radius 3 is 2.50 bits per heavy atom. The Morgan fingerprint density at radius 2 is 1.81 bits per heavy atom. The van der Waals surface area contributed by atoms with Gasteiger partial charge in [-0.3, -0.25) is 14.9 Å². The lowest BCUT2D eigenvalue weighted by Gasteiger charge is -2.13. The first-order valence-electron chi connectivity index (χ1n) is 10.8. The van der Waals surface area contributed by atoms with E-state index in [0.717, 1.165) is 19.2 Å². The minimum atomic E-state index is -0.538. The van der Waals surface area contributed by atoms with Gasteiger partial charge in [-0.1, -0.05) is 44.0 Å². The zero-order valence-corrected chi connectivity index (χ0v) is 22.4. The zero-order valence-electron chi connectivity index (χ0n) is 19.3. The van der Waals surface area contributed by atoms with Gasteiger partial charge in [0.05, 0.1) is 28.6 Å². The van der Waals surface area contributed by atoms with Crippen LogP contribution in [0.1, 0.15) is 23.9 Å². The SMILES string of the molecule is CCOc1cc(C=Nn2c(C)nc3ccc(Br)cc3c2=O)cc([N+](=O)[O-])c1OCc1ccc(Br)cc1. The summed E-state index contributed by atoms with van der Waals surface area (Å²) in [7, 11) is 0. The number of hydrogen-bond donors (Lipinski definition) is 0. The van der Waals surface area contributed by atoms with Crippen LogP contribution < -0.4 is 15.0 Å². The molecule has 184 valence electrons. The molecule has 0 aliphatic carbocycles. The minimum absolute atomic E-state index is 0.0208. The number of nitro benzene ring substituents is 1. The molecule has 0 amide bonds. The number of hydrogen-bond acceptors (Lipinski definition) is 7. The van der Waals surface area contributed by atoms with Crippen molar-refractivity contribution in [3.8, 4) is 11.5 Å². The minimum Gasteiger partial charge on any atom is -0.490 e. The molecule has 36 heavy (non-hydrogen) atoms. The van der Waals surface area contributed by atoms with Crippen LogP contribution in [0.3, 0.4) is 0 Å². The Bertz CT molecular complexity index is 1530. The average Bonchev–Trinajstić information content (AvgIpc) is 2.84. The molecule has 3 aromatic carbocycles. The second-order valence-corrected chi connectivity index (χ2v) is 9.49. The highest BCUT2D eigenvalue weighted by Crippen LogP contribution is 2.39. The number of ether oxygens (including phenoxy) is 2. The maximum absolute atomic E-state index is 13.0. The van der Waals surface area contributed by atoms with Gasteiger partial charge in [0, 0.05) is 20.6 Å². The van der Waals surface area contributed by atoms with E-state index in [0.29, 0.717) is 22.3 Å². The van der Waals surface area contributed by atoms with Crippen molar-refractivity contribution in [3.05, 3.63) is 101 Å². The third-order valence-corrected chi connectivity index (χ3v) is 6.16. The number of nitrogens with zero attached hydrogens (tertiary/aromatic N) is 4. The van der Waals surface area contributed by atoms with Crippen molar-refractivity contribution in [2.24, 2.45) is 5.10 Å². The standard InChI is InChI=1S/C25H20Br2N4O5/c1-3-35-23-11-17(10-22(31(33)34)24(23)36-14-16-4-6-18(26)7-5-16)13-28-30-15(2)29-21-9-8-19(27)12-20(21)25(30)32/h4-13H,3,14H2,1-2H3. The van der Waals surface area contributed by atoms with Crippen molar-refractivity contribution in [2.75, 3.05) is 6.61 Å². The van der Waals surface area contributed by atoms with Crippen molar-refractivity contribution in [2.45, 2.75) is 20.5 Å². The number of halogens is 2. The highest BCUT2D eigenvalue weighted by Gasteiger charge is 2.23. The molecule has 9 nitrogen and oxygen atoms in total. The number of nitro groups is 1. The van der Waals surface area contributed by atoms with Crippen molar-refractivity contribution in [1.29, 1.82) is 0 Å². The second kappa shape index (κ2) is 11.0. The predicted octanol–water partition coefficient (Wildman–Crippen LogP) is 6.00. The molecule has 0 aliphatic heterocycles. The topological polar surface area (TPSA) is 109 Å². The van der Waals surface area contributed by atoms with Crippen molar-refractivity contribution in [1.82, 2.24) is 9.66 Å². The number of aryl methyl sites for hydroxylation is 1. The lowest BCUT2D eigenvalue weighted by molar-refractivity contribution is -0.386. The lowest BCUT2D eigenvalue weighted by atomic mass is 10.1. The number of rotatable bonds is 8. The van der Waals surface area contributed by atoms with Crippen LogP contribution >= 0.6 is 31.9 Å². The van der Waals surface area contributed by atoms with Crippen LogP contribution in [0.2, 0.25) is 0 Å². The van der Waals surface area contributed by atoms with Gasteiger partial charge in [-0.25, -0.2) is 4.98 Å². The monoisotopic (exact) mass is 614 g/mol. The second-order valence-electron chi connectivity index (χ2n) is 7.65. The Morgan fingerprint density at radius 1 is 1.08 bits per heavy atom. The van der Waals surface area contributed by atoms with Gasteiger partial charge in [-0.05, 0) is 55.8 Å². The highest BCUT2D eigenvalue weighted by atomic mass is 79.9. The Labute approximate surface area is 222 Å². The van der Waals surface area contributed by atoms with E-state index in [-0.39, 0.29) is 36.0 Å². The Hall–Kier alpha value is -3.57. The molecule has 1 aromatic heterocycles. The lowest BCUT2D eigenvalue weighted by Crippen LogP contribution is -2.20. The fraction of sp³-hybridized carbons (Fsp3) is 0.160. The summed E-state index contributed by atoms with van der Waals surface area (Å²) in [5, 5.41) is 16.6. The molecule has 0 saturated carbocycles. The average molecular weight is 616 g/mol. The van der Waals surface area contributed by atoms with Crippen LogP contribution in [0, 0.1) is 17.0 Å². The summed E-state index contributed by atoms with van der Waals surface area (Å²) in [4.78, 5) is 28.8. The quantitative estimate of drug-likeness (QED) is 0.137. The van der Waals surface area contributed by atoms with E-state index in [4.69, 9.17) is 9.47 Å². The first-order chi connectivity index (χ1) is 17.3.